The molecular formula is C21H33N3O. The molecular weight excluding hydrogens is 310 g/mol. The summed E-state index contributed by atoms with van der Waals surface area (Å²) in [6, 6.07) is 6.62. The lowest BCUT2D eigenvalue weighted by atomic mass is 9.77. The summed E-state index contributed by atoms with van der Waals surface area (Å²) < 4.78 is 0. The maximum absolute atomic E-state index is 12.2. The number of rotatable bonds is 6. The van der Waals surface area contributed by atoms with E-state index in [9.17, 15) is 4.79 Å². The van der Waals surface area contributed by atoms with Crippen LogP contribution in [0.4, 0.5) is 0 Å². The Bertz CT molecular complexity index is 531. The third kappa shape index (κ3) is 4.81. The van der Waals surface area contributed by atoms with Crippen molar-refractivity contribution in [1.29, 1.82) is 0 Å². The Morgan fingerprint density at radius 1 is 1.16 bits per heavy atom. The van der Waals surface area contributed by atoms with Crippen molar-refractivity contribution in [2.75, 3.05) is 20.6 Å². The molecule has 4 heteroatoms. The molecule has 2 aliphatic rings. The van der Waals surface area contributed by atoms with Gasteiger partial charge in [0.05, 0.1) is 11.7 Å². The standard InChI is InChI=1S/C21H33N3O/c1-24(2)20(19-9-5-6-14-22-19)17-12-10-16(11-13-17)15-23-21(25)18-7-3-4-8-18/h5-6,9,14,16-18,20H,3-4,7-8,10-13,15H2,1-2H3,(H,23,25)/t16?,17?,20-/m1/s1. The van der Waals surface area contributed by atoms with E-state index >= 15 is 0 Å². The zero-order valence-electron chi connectivity index (χ0n) is 15.8. The van der Waals surface area contributed by atoms with Crippen LogP contribution in [0.1, 0.15) is 63.1 Å². The molecule has 0 aliphatic heterocycles. The van der Waals surface area contributed by atoms with Crippen LogP contribution in [0, 0.1) is 17.8 Å². The minimum absolute atomic E-state index is 0.290. The van der Waals surface area contributed by atoms with Crippen LogP contribution in [0.2, 0.25) is 0 Å². The maximum atomic E-state index is 12.2. The van der Waals surface area contributed by atoms with E-state index in [0.717, 1.165) is 19.4 Å². The topological polar surface area (TPSA) is 45.2 Å². The van der Waals surface area contributed by atoms with E-state index < -0.39 is 0 Å². The number of nitrogens with zero attached hydrogens (tertiary/aromatic N) is 2. The molecule has 0 saturated heterocycles. The first-order valence-corrected chi connectivity index (χ1v) is 10.00. The van der Waals surface area contributed by atoms with Crippen LogP contribution in [0.15, 0.2) is 24.4 Å². The molecule has 1 aromatic rings. The van der Waals surface area contributed by atoms with Crippen molar-refractivity contribution in [3.63, 3.8) is 0 Å². The van der Waals surface area contributed by atoms with E-state index in [0.29, 0.717) is 29.7 Å². The molecule has 3 rings (SSSR count). The average Bonchev–Trinajstić information content (AvgIpc) is 3.16. The summed E-state index contributed by atoms with van der Waals surface area (Å²) in [5.41, 5.74) is 1.19. The molecule has 0 radical (unpaired) electrons. The summed E-state index contributed by atoms with van der Waals surface area (Å²) in [6.07, 6.45) is 11.4. The van der Waals surface area contributed by atoms with Gasteiger partial charge < -0.3 is 10.2 Å². The Balaban J connectivity index is 1.48. The summed E-state index contributed by atoms with van der Waals surface area (Å²) in [5.74, 6) is 1.90. The second kappa shape index (κ2) is 8.79. The molecule has 1 N–H and O–H groups in total. The number of hydrogen-bond donors (Lipinski definition) is 1. The van der Waals surface area contributed by atoms with Crippen LogP contribution in [-0.2, 0) is 4.79 Å². The summed E-state index contributed by atoms with van der Waals surface area (Å²) in [5, 5.41) is 3.23. The van der Waals surface area contributed by atoms with E-state index in [1.54, 1.807) is 0 Å². The van der Waals surface area contributed by atoms with Crippen LogP contribution in [0.3, 0.4) is 0 Å². The Hall–Kier alpha value is -1.42. The molecule has 2 aliphatic carbocycles. The van der Waals surface area contributed by atoms with Crippen molar-refractivity contribution >= 4 is 5.91 Å². The van der Waals surface area contributed by atoms with Gasteiger partial charge in [-0.15, -0.1) is 0 Å². The lowest BCUT2D eigenvalue weighted by molar-refractivity contribution is -0.125. The van der Waals surface area contributed by atoms with E-state index in [1.807, 2.05) is 12.3 Å². The predicted octanol–water partition coefficient (Wildman–Crippen LogP) is 3.80. The SMILES string of the molecule is CN(C)[C@@H](c1ccccn1)C1CCC(CNC(=O)C2CCCC2)CC1. The Kier molecular flexibility index (Phi) is 6.46. The van der Waals surface area contributed by atoms with Gasteiger partial charge in [-0.1, -0.05) is 18.9 Å². The van der Waals surface area contributed by atoms with Gasteiger partial charge in [-0.3, -0.25) is 9.78 Å². The van der Waals surface area contributed by atoms with Gasteiger partial charge in [0.2, 0.25) is 5.91 Å². The molecule has 2 fully saturated rings. The quantitative estimate of drug-likeness (QED) is 0.854. The molecule has 1 aromatic heterocycles. The Morgan fingerprint density at radius 2 is 1.88 bits per heavy atom. The molecule has 1 amide bonds. The molecule has 0 aromatic carbocycles. The highest BCUT2D eigenvalue weighted by Crippen LogP contribution is 2.38. The number of pyridine rings is 1. The molecule has 0 unspecified atom stereocenters. The minimum atomic E-state index is 0.290. The van der Waals surface area contributed by atoms with Crippen molar-refractivity contribution in [1.82, 2.24) is 15.2 Å². The first-order valence-electron chi connectivity index (χ1n) is 10.00. The highest BCUT2D eigenvalue weighted by molar-refractivity contribution is 5.78. The largest absolute Gasteiger partial charge is 0.356 e. The maximum Gasteiger partial charge on any atom is 0.223 e. The number of carbonyl (C=O) groups is 1. The third-order valence-corrected chi connectivity index (χ3v) is 6.18. The van der Waals surface area contributed by atoms with Crippen molar-refractivity contribution in [3.8, 4) is 0 Å². The molecule has 138 valence electrons. The van der Waals surface area contributed by atoms with Gasteiger partial charge in [-0.25, -0.2) is 0 Å². The molecule has 0 bridgehead atoms. The molecule has 2 saturated carbocycles. The summed E-state index contributed by atoms with van der Waals surface area (Å²) in [4.78, 5) is 19.1. The highest BCUT2D eigenvalue weighted by Gasteiger charge is 2.31. The van der Waals surface area contributed by atoms with E-state index in [2.05, 4.69) is 41.4 Å². The zero-order chi connectivity index (χ0) is 17.6. The van der Waals surface area contributed by atoms with Gasteiger partial charge in [-0.2, -0.15) is 0 Å². The van der Waals surface area contributed by atoms with Crippen LogP contribution < -0.4 is 5.32 Å². The second-order valence-corrected chi connectivity index (χ2v) is 8.17. The van der Waals surface area contributed by atoms with Crippen molar-refractivity contribution in [3.05, 3.63) is 30.1 Å². The fourth-order valence-corrected chi connectivity index (χ4v) is 4.76. The number of amides is 1. The van der Waals surface area contributed by atoms with Crippen LogP contribution in [-0.4, -0.2) is 36.4 Å². The predicted molar refractivity (Wildman–Crippen MR) is 101 cm³/mol. The third-order valence-electron chi connectivity index (χ3n) is 6.18. The normalized spacial score (nSPS) is 25.9. The molecule has 25 heavy (non-hydrogen) atoms. The van der Waals surface area contributed by atoms with Crippen molar-refractivity contribution in [2.24, 2.45) is 17.8 Å². The summed E-state index contributed by atoms with van der Waals surface area (Å²) in [6.45, 7) is 0.873. The van der Waals surface area contributed by atoms with Crippen LogP contribution >= 0.6 is 0 Å². The lowest BCUT2D eigenvalue weighted by Crippen LogP contribution is -2.36. The number of carbonyl (C=O) groups excluding carboxylic acids is 1. The molecule has 0 spiro atoms. The second-order valence-electron chi connectivity index (χ2n) is 8.17. The van der Waals surface area contributed by atoms with Crippen molar-refractivity contribution < 1.29 is 4.79 Å². The van der Waals surface area contributed by atoms with Crippen LogP contribution in [0.5, 0.6) is 0 Å². The Labute approximate surface area is 152 Å². The number of hydrogen-bond acceptors (Lipinski definition) is 3. The van der Waals surface area contributed by atoms with E-state index in [-0.39, 0.29) is 0 Å². The summed E-state index contributed by atoms with van der Waals surface area (Å²) in [7, 11) is 4.32. The van der Waals surface area contributed by atoms with Crippen LogP contribution in [0.25, 0.3) is 0 Å². The first-order chi connectivity index (χ1) is 12.1. The molecule has 4 nitrogen and oxygen atoms in total. The minimum Gasteiger partial charge on any atom is -0.356 e. The highest BCUT2D eigenvalue weighted by atomic mass is 16.1. The zero-order valence-corrected chi connectivity index (χ0v) is 15.8. The van der Waals surface area contributed by atoms with Gasteiger partial charge in [-0.05, 0) is 76.6 Å². The van der Waals surface area contributed by atoms with Gasteiger partial charge >= 0.3 is 0 Å². The first kappa shape index (κ1) is 18.4. The van der Waals surface area contributed by atoms with Gasteiger partial charge in [0.1, 0.15) is 0 Å². The lowest BCUT2D eigenvalue weighted by Gasteiger charge is -2.37. The fourth-order valence-electron chi connectivity index (χ4n) is 4.76. The monoisotopic (exact) mass is 343 g/mol. The summed E-state index contributed by atoms with van der Waals surface area (Å²) >= 11 is 0. The van der Waals surface area contributed by atoms with E-state index in [4.69, 9.17) is 0 Å². The van der Waals surface area contributed by atoms with E-state index in [1.165, 1.54) is 44.2 Å². The smallest absolute Gasteiger partial charge is 0.223 e. The van der Waals surface area contributed by atoms with Crippen molar-refractivity contribution in [2.45, 2.75) is 57.4 Å². The molecule has 1 atom stereocenters. The number of nitrogens with one attached hydrogen (secondary N) is 1. The Morgan fingerprint density at radius 3 is 2.48 bits per heavy atom. The average molecular weight is 344 g/mol. The van der Waals surface area contributed by atoms with Gasteiger partial charge in [0.15, 0.2) is 0 Å². The fraction of sp³-hybridized carbons (Fsp3) is 0.714. The number of aromatic nitrogens is 1. The van der Waals surface area contributed by atoms with Gasteiger partial charge in [0, 0.05) is 18.7 Å². The molecule has 1 heterocycles. The van der Waals surface area contributed by atoms with Gasteiger partial charge in [0.25, 0.3) is 0 Å².